The Morgan fingerprint density at radius 1 is 1.45 bits per heavy atom. The van der Waals surface area contributed by atoms with Crippen LogP contribution < -0.4 is 10.2 Å². The quantitative estimate of drug-likeness (QED) is 0.939. The first-order chi connectivity index (χ1) is 10.5. The molecule has 1 aliphatic heterocycles. The molecule has 1 N–H and O–H groups in total. The summed E-state index contributed by atoms with van der Waals surface area (Å²) in [5.74, 6) is -0.369. The fourth-order valence-corrected chi connectivity index (χ4v) is 2.99. The molecule has 0 radical (unpaired) electrons. The Kier molecular flexibility index (Phi) is 4.36. The second-order valence-corrected chi connectivity index (χ2v) is 6.20. The molecule has 2 aromatic rings. The van der Waals surface area contributed by atoms with Gasteiger partial charge in [0.2, 0.25) is 0 Å². The summed E-state index contributed by atoms with van der Waals surface area (Å²) in [6.45, 7) is 4.75. The minimum absolute atomic E-state index is 0.180. The number of nitrogens with zero attached hydrogens (tertiary/aromatic N) is 3. The number of rotatable bonds is 4. The van der Waals surface area contributed by atoms with Crippen molar-refractivity contribution in [2.24, 2.45) is 7.05 Å². The lowest BCUT2D eigenvalue weighted by atomic mass is 10.2. The van der Waals surface area contributed by atoms with E-state index in [1.165, 1.54) is 17.3 Å². The predicted molar refractivity (Wildman–Crippen MR) is 86.8 cm³/mol. The Balaban J connectivity index is 1.58. The minimum Gasteiger partial charge on any atom is -0.370 e. The predicted octanol–water partition coefficient (Wildman–Crippen LogP) is 2.89. The van der Waals surface area contributed by atoms with Gasteiger partial charge in [0.05, 0.1) is 11.2 Å². The molecular weight excluding hydrogens is 303 g/mol. The third kappa shape index (κ3) is 3.10. The van der Waals surface area contributed by atoms with Crippen LogP contribution in [0.15, 0.2) is 24.4 Å². The highest BCUT2D eigenvalue weighted by Crippen LogP contribution is 2.25. The van der Waals surface area contributed by atoms with Gasteiger partial charge in [-0.05, 0) is 31.5 Å². The van der Waals surface area contributed by atoms with Gasteiger partial charge >= 0.3 is 0 Å². The van der Waals surface area contributed by atoms with Gasteiger partial charge in [-0.1, -0.05) is 11.6 Å². The van der Waals surface area contributed by atoms with E-state index in [9.17, 15) is 4.39 Å². The van der Waals surface area contributed by atoms with E-state index in [1.54, 1.807) is 12.1 Å². The van der Waals surface area contributed by atoms with Gasteiger partial charge < -0.3 is 10.2 Å². The Morgan fingerprint density at radius 2 is 2.27 bits per heavy atom. The van der Waals surface area contributed by atoms with Crippen LogP contribution in [0.3, 0.4) is 0 Å². The van der Waals surface area contributed by atoms with Gasteiger partial charge in [0, 0.05) is 49.7 Å². The zero-order chi connectivity index (χ0) is 15.7. The molecule has 0 bridgehead atoms. The number of aryl methyl sites for hydroxylation is 1. The molecule has 1 fully saturated rings. The largest absolute Gasteiger partial charge is 0.370 e. The van der Waals surface area contributed by atoms with Crippen LogP contribution in [0, 0.1) is 12.7 Å². The molecule has 0 aliphatic carbocycles. The van der Waals surface area contributed by atoms with Crippen LogP contribution >= 0.6 is 11.6 Å². The summed E-state index contributed by atoms with van der Waals surface area (Å²) in [6.07, 6.45) is 2.98. The molecule has 3 rings (SSSR count). The van der Waals surface area contributed by atoms with Crippen molar-refractivity contribution in [3.05, 3.63) is 46.5 Å². The van der Waals surface area contributed by atoms with E-state index in [-0.39, 0.29) is 10.8 Å². The third-order valence-corrected chi connectivity index (χ3v) is 4.66. The second-order valence-electron chi connectivity index (χ2n) is 5.79. The number of nitrogens with one attached hydrogen (secondary N) is 1. The van der Waals surface area contributed by atoms with Crippen molar-refractivity contribution in [3.63, 3.8) is 0 Å². The van der Waals surface area contributed by atoms with E-state index in [2.05, 4.69) is 22.2 Å². The molecule has 1 saturated heterocycles. The minimum atomic E-state index is -0.369. The summed E-state index contributed by atoms with van der Waals surface area (Å²) in [6, 6.07) is 5.33. The van der Waals surface area contributed by atoms with Crippen molar-refractivity contribution in [2.45, 2.75) is 25.9 Å². The third-order valence-electron chi connectivity index (χ3n) is 4.37. The maximum absolute atomic E-state index is 13.2. The zero-order valence-corrected chi connectivity index (χ0v) is 13.6. The molecule has 6 heteroatoms. The van der Waals surface area contributed by atoms with Gasteiger partial charge in [0.1, 0.15) is 5.82 Å². The van der Waals surface area contributed by atoms with Crippen LogP contribution in [0.25, 0.3) is 0 Å². The van der Waals surface area contributed by atoms with Crippen LogP contribution in [-0.2, 0) is 13.6 Å². The van der Waals surface area contributed by atoms with Gasteiger partial charge in [-0.3, -0.25) is 4.68 Å². The molecule has 0 saturated carbocycles. The van der Waals surface area contributed by atoms with Crippen molar-refractivity contribution in [2.75, 3.05) is 18.0 Å². The molecule has 1 aromatic heterocycles. The summed E-state index contributed by atoms with van der Waals surface area (Å²) >= 11 is 5.86. The maximum Gasteiger partial charge on any atom is 0.141 e. The summed E-state index contributed by atoms with van der Waals surface area (Å²) < 4.78 is 15.1. The zero-order valence-electron chi connectivity index (χ0n) is 12.8. The first-order valence-corrected chi connectivity index (χ1v) is 7.83. The van der Waals surface area contributed by atoms with Crippen LogP contribution in [0.2, 0.25) is 5.02 Å². The lowest BCUT2D eigenvalue weighted by Gasteiger charge is -2.19. The molecule has 22 heavy (non-hydrogen) atoms. The molecular formula is C16H20ClFN4. The Hall–Kier alpha value is -1.59. The lowest BCUT2D eigenvalue weighted by Crippen LogP contribution is -2.32. The molecule has 1 atom stereocenters. The number of halogens is 2. The molecule has 1 unspecified atom stereocenters. The Labute approximate surface area is 134 Å². The number of aromatic nitrogens is 2. The maximum atomic E-state index is 13.2. The fraction of sp³-hybridized carbons (Fsp3) is 0.438. The monoisotopic (exact) mass is 322 g/mol. The summed E-state index contributed by atoms with van der Waals surface area (Å²) in [5.41, 5.74) is 3.40. The number of hydrogen-bond acceptors (Lipinski definition) is 3. The SMILES string of the molecule is Cc1c(CNC2CCN(c3ccc(F)c(Cl)c3)C2)cnn1C. The van der Waals surface area contributed by atoms with Crippen molar-refractivity contribution in [1.29, 1.82) is 0 Å². The van der Waals surface area contributed by atoms with E-state index >= 15 is 0 Å². The lowest BCUT2D eigenvalue weighted by molar-refractivity contribution is 0.550. The average molecular weight is 323 g/mol. The van der Waals surface area contributed by atoms with Crippen LogP contribution in [0.4, 0.5) is 10.1 Å². The molecule has 1 aliphatic rings. The van der Waals surface area contributed by atoms with E-state index in [1.807, 2.05) is 17.9 Å². The second kappa shape index (κ2) is 6.26. The summed E-state index contributed by atoms with van der Waals surface area (Å²) in [7, 11) is 1.95. The smallest absolute Gasteiger partial charge is 0.141 e. The van der Waals surface area contributed by atoms with Crippen LogP contribution in [0.5, 0.6) is 0 Å². The van der Waals surface area contributed by atoms with E-state index in [0.717, 1.165) is 31.7 Å². The van der Waals surface area contributed by atoms with Crippen molar-refractivity contribution in [3.8, 4) is 0 Å². The molecule has 1 aromatic carbocycles. The number of benzene rings is 1. The van der Waals surface area contributed by atoms with Gasteiger partial charge in [0.25, 0.3) is 0 Å². The van der Waals surface area contributed by atoms with E-state index in [4.69, 9.17) is 11.6 Å². The first-order valence-electron chi connectivity index (χ1n) is 7.45. The van der Waals surface area contributed by atoms with Gasteiger partial charge in [-0.15, -0.1) is 0 Å². The van der Waals surface area contributed by atoms with Crippen molar-refractivity contribution < 1.29 is 4.39 Å². The first kappa shape index (κ1) is 15.3. The highest BCUT2D eigenvalue weighted by Gasteiger charge is 2.23. The van der Waals surface area contributed by atoms with Crippen molar-refractivity contribution in [1.82, 2.24) is 15.1 Å². The Bertz CT molecular complexity index is 670. The summed E-state index contributed by atoms with van der Waals surface area (Å²) in [4.78, 5) is 2.24. The fourth-order valence-electron chi connectivity index (χ4n) is 2.82. The van der Waals surface area contributed by atoms with Gasteiger partial charge in [-0.2, -0.15) is 5.10 Å². The van der Waals surface area contributed by atoms with E-state index < -0.39 is 0 Å². The highest BCUT2D eigenvalue weighted by atomic mass is 35.5. The van der Waals surface area contributed by atoms with Crippen molar-refractivity contribution >= 4 is 17.3 Å². The number of anilines is 1. The van der Waals surface area contributed by atoms with Crippen LogP contribution in [-0.4, -0.2) is 28.9 Å². The average Bonchev–Trinajstić information content (AvgIpc) is 3.09. The molecule has 0 amide bonds. The standard InChI is InChI=1S/C16H20ClFN4/c1-11-12(9-20-21(11)2)8-19-13-5-6-22(10-13)14-3-4-16(18)15(17)7-14/h3-4,7,9,13,19H,5-6,8,10H2,1-2H3. The molecule has 2 heterocycles. The number of hydrogen-bond donors (Lipinski definition) is 1. The topological polar surface area (TPSA) is 33.1 Å². The van der Waals surface area contributed by atoms with Gasteiger partial charge in [0.15, 0.2) is 0 Å². The molecule has 0 spiro atoms. The summed E-state index contributed by atoms with van der Waals surface area (Å²) in [5, 5.41) is 8.01. The Morgan fingerprint density at radius 3 is 2.95 bits per heavy atom. The van der Waals surface area contributed by atoms with E-state index in [0.29, 0.717) is 6.04 Å². The van der Waals surface area contributed by atoms with Gasteiger partial charge in [-0.25, -0.2) is 4.39 Å². The highest BCUT2D eigenvalue weighted by molar-refractivity contribution is 6.31. The molecule has 4 nitrogen and oxygen atoms in total. The molecule has 118 valence electrons. The van der Waals surface area contributed by atoms with Crippen LogP contribution in [0.1, 0.15) is 17.7 Å². The normalized spacial score (nSPS) is 18.2.